The van der Waals surface area contributed by atoms with Gasteiger partial charge in [-0.15, -0.1) is 0 Å². The van der Waals surface area contributed by atoms with Crippen LogP contribution in [0.4, 0.5) is 4.39 Å². The van der Waals surface area contributed by atoms with E-state index in [-0.39, 0.29) is 34.4 Å². The van der Waals surface area contributed by atoms with Gasteiger partial charge < -0.3 is 10.1 Å². The lowest BCUT2D eigenvalue weighted by atomic mass is 10.1. The van der Waals surface area contributed by atoms with Crippen LogP contribution in [0, 0.1) is 5.82 Å². The van der Waals surface area contributed by atoms with Crippen molar-refractivity contribution in [1.29, 1.82) is 0 Å². The number of hydrogen-bond acceptors (Lipinski definition) is 7. The number of hydrogen-bond donors (Lipinski definition) is 2. The number of esters is 1. The Labute approximate surface area is 226 Å². The summed E-state index contributed by atoms with van der Waals surface area (Å²) in [7, 11) is -4.21. The molecule has 0 bridgehead atoms. The maximum atomic E-state index is 13.0. The van der Waals surface area contributed by atoms with Crippen molar-refractivity contribution in [3.05, 3.63) is 95.1 Å². The smallest absolute Gasteiger partial charge is 0.306 e. The van der Waals surface area contributed by atoms with Crippen LogP contribution < -0.4 is 10.0 Å². The summed E-state index contributed by atoms with van der Waals surface area (Å²) >= 11 is 0. The normalized spacial score (nSPS) is 11.0. The van der Waals surface area contributed by atoms with E-state index in [4.69, 9.17) is 4.74 Å². The number of carbonyl (C=O) groups is 3. The predicted octanol–water partition coefficient (Wildman–Crippen LogP) is 3.94. The first-order chi connectivity index (χ1) is 18.7. The third kappa shape index (κ3) is 9.29. The topological polar surface area (TPSA) is 132 Å². The molecule has 1 aromatic heterocycles. The molecule has 0 fully saturated rings. The lowest BCUT2D eigenvalue weighted by molar-refractivity contribution is -0.145. The molecule has 1 heterocycles. The Morgan fingerprint density at radius 1 is 0.897 bits per heavy atom. The van der Waals surface area contributed by atoms with Gasteiger partial charge in [-0.25, -0.2) is 17.5 Å². The number of unbranched alkanes of at least 4 members (excludes halogenated alkanes) is 2. The summed E-state index contributed by atoms with van der Waals surface area (Å²) in [6.45, 7) is 2.31. The van der Waals surface area contributed by atoms with E-state index in [0.717, 1.165) is 24.8 Å². The van der Waals surface area contributed by atoms with Crippen LogP contribution >= 0.6 is 0 Å². The molecule has 2 aromatic carbocycles. The van der Waals surface area contributed by atoms with Crippen LogP contribution in [0.25, 0.3) is 0 Å². The van der Waals surface area contributed by atoms with Gasteiger partial charge in [0.1, 0.15) is 12.4 Å². The highest BCUT2D eigenvalue weighted by atomic mass is 32.2. The molecular weight excluding hydrogens is 525 g/mol. The number of sulfonamides is 1. The predicted molar refractivity (Wildman–Crippen MR) is 142 cm³/mol. The van der Waals surface area contributed by atoms with Crippen molar-refractivity contribution in [2.24, 2.45) is 0 Å². The fraction of sp³-hybridized carbons (Fsp3) is 0.286. The average molecular weight is 556 g/mol. The molecule has 0 aliphatic rings. The van der Waals surface area contributed by atoms with Crippen LogP contribution in [-0.2, 0) is 32.6 Å². The van der Waals surface area contributed by atoms with E-state index in [1.165, 1.54) is 54.7 Å². The van der Waals surface area contributed by atoms with Gasteiger partial charge in [-0.3, -0.25) is 19.4 Å². The molecule has 0 aliphatic heterocycles. The van der Waals surface area contributed by atoms with Crippen LogP contribution in [0.15, 0.2) is 71.8 Å². The molecule has 206 valence electrons. The van der Waals surface area contributed by atoms with Crippen molar-refractivity contribution in [2.75, 3.05) is 6.54 Å². The van der Waals surface area contributed by atoms with Crippen molar-refractivity contribution in [3.63, 3.8) is 0 Å². The quantitative estimate of drug-likeness (QED) is 0.241. The summed E-state index contributed by atoms with van der Waals surface area (Å²) in [6, 6.07) is 13.9. The Morgan fingerprint density at radius 3 is 2.23 bits per heavy atom. The van der Waals surface area contributed by atoms with Crippen molar-refractivity contribution in [3.8, 4) is 0 Å². The van der Waals surface area contributed by atoms with E-state index in [9.17, 15) is 27.2 Å². The molecule has 3 rings (SSSR count). The second kappa shape index (κ2) is 14.1. The zero-order valence-electron chi connectivity index (χ0n) is 21.5. The number of benzene rings is 2. The zero-order valence-corrected chi connectivity index (χ0v) is 22.3. The molecule has 3 aromatic rings. The van der Waals surface area contributed by atoms with Crippen LogP contribution in [0.1, 0.15) is 64.6 Å². The molecule has 0 unspecified atom stereocenters. The number of nitrogens with zero attached hydrogens (tertiary/aromatic N) is 1. The summed E-state index contributed by atoms with van der Waals surface area (Å²) in [5, 5.41) is 2.72. The van der Waals surface area contributed by atoms with E-state index < -0.39 is 21.8 Å². The Bertz CT molecular complexity index is 1380. The van der Waals surface area contributed by atoms with Crippen LogP contribution in [-0.4, -0.2) is 37.7 Å². The molecule has 0 aliphatic carbocycles. The minimum Gasteiger partial charge on any atom is -0.459 e. The van der Waals surface area contributed by atoms with Crippen molar-refractivity contribution in [2.45, 2.75) is 50.5 Å². The first kappa shape index (κ1) is 29.4. The van der Waals surface area contributed by atoms with Gasteiger partial charge in [-0.05, 0) is 66.9 Å². The van der Waals surface area contributed by atoms with Crippen molar-refractivity contribution >= 4 is 27.8 Å². The Kier molecular flexibility index (Phi) is 10.7. The summed E-state index contributed by atoms with van der Waals surface area (Å²) in [5.74, 6) is -1.95. The van der Waals surface area contributed by atoms with Gasteiger partial charge in [0.2, 0.25) is 0 Å². The minimum atomic E-state index is -4.21. The van der Waals surface area contributed by atoms with E-state index >= 15 is 0 Å². The molecule has 39 heavy (non-hydrogen) atoms. The van der Waals surface area contributed by atoms with Gasteiger partial charge >= 0.3 is 5.97 Å². The standard InChI is InChI=1S/C28H30FN3O6S/c1-2-3-4-5-26(33)38-19-24-13-8-22(18-31-24)28(35)32-39(36,37)25-14-9-21(10-15-25)27(34)30-17-16-20-6-11-23(29)12-7-20/h6-15,18H,2-5,16-17,19H2,1H3,(H,30,34)(H,32,35). The van der Waals surface area contributed by atoms with Crippen LogP contribution in [0.2, 0.25) is 0 Å². The van der Waals surface area contributed by atoms with E-state index in [0.29, 0.717) is 25.1 Å². The SMILES string of the molecule is CCCCCC(=O)OCc1ccc(C(=O)NS(=O)(=O)c2ccc(C(=O)NCCc3ccc(F)cc3)cc2)cn1. The number of amides is 2. The minimum absolute atomic E-state index is 0.00810. The van der Waals surface area contributed by atoms with Crippen LogP contribution in [0.3, 0.4) is 0 Å². The van der Waals surface area contributed by atoms with E-state index in [1.807, 2.05) is 11.6 Å². The molecule has 0 spiro atoms. The first-order valence-electron chi connectivity index (χ1n) is 12.5. The van der Waals surface area contributed by atoms with Gasteiger partial charge in [0.05, 0.1) is 16.2 Å². The first-order valence-corrected chi connectivity index (χ1v) is 14.0. The highest BCUT2D eigenvalue weighted by Gasteiger charge is 2.20. The average Bonchev–Trinajstić information content (AvgIpc) is 2.93. The lowest BCUT2D eigenvalue weighted by Gasteiger charge is -2.09. The van der Waals surface area contributed by atoms with Gasteiger partial charge in [0, 0.05) is 24.7 Å². The second-order valence-electron chi connectivity index (χ2n) is 8.75. The maximum Gasteiger partial charge on any atom is 0.306 e. The van der Waals surface area contributed by atoms with Gasteiger partial charge in [0.25, 0.3) is 21.8 Å². The fourth-order valence-electron chi connectivity index (χ4n) is 3.49. The molecule has 2 N–H and O–H groups in total. The Hall–Kier alpha value is -4.12. The van der Waals surface area contributed by atoms with Crippen molar-refractivity contribution in [1.82, 2.24) is 15.0 Å². The number of aromatic nitrogens is 1. The fourth-order valence-corrected chi connectivity index (χ4v) is 4.46. The molecular formula is C28H30FN3O6S. The van der Waals surface area contributed by atoms with Gasteiger partial charge in [-0.1, -0.05) is 31.9 Å². The monoisotopic (exact) mass is 555 g/mol. The largest absolute Gasteiger partial charge is 0.459 e. The number of rotatable bonds is 13. The van der Waals surface area contributed by atoms with Gasteiger partial charge in [-0.2, -0.15) is 0 Å². The molecule has 0 saturated carbocycles. The number of nitrogens with one attached hydrogen (secondary N) is 2. The summed E-state index contributed by atoms with van der Waals surface area (Å²) < 4.78 is 45.4. The number of ether oxygens (including phenoxy) is 1. The third-order valence-corrected chi connectivity index (χ3v) is 7.07. The number of pyridine rings is 1. The van der Waals surface area contributed by atoms with E-state index in [1.54, 1.807) is 12.1 Å². The zero-order chi connectivity index (χ0) is 28.3. The maximum absolute atomic E-state index is 13.0. The van der Waals surface area contributed by atoms with Crippen molar-refractivity contribution < 1.29 is 31.9 Å². The van der Waals surface area contributed by atoms with Gasteiger partial charge in [0.15, 0.2) is 0 Å². The molecule has 9 nitrogen and oxygen atoms in total. The Morgan fingerprint density at radius 2 is 1.59 bits per heavy atom. The lowest BCUT2D eigenvalue weighted by Crippen LogP contribution is -2.31. The number of halogens is 1. The molecule has 11 heteroatoms. The molecule has 2 amide bonds. The highest BCUT2D eigenvalue weighted by Crippen LogP contribution is 2.12. The second-order valence-corrected chi connectivity index (χ2v) is 10.4. The summed E-state index contributed by atoms with van der Waals surface area (Å²) in [5.41, 5.74) is 1.53. The highest BCUT2D eigenvalue weighted by molar-refractivity contribution is 7.90. The Balaban J connectivity index is 1.50. The summed E-state index contributed by atoms with van der Waals surface area (Å²) in [6.07, 6.45) is 4.73. The molecule has 0 saturated heterocycles. The molecule has 0 radical (unpaired) electrons. The molecule has 0 atom stereocenters. The summed E-state index contributed by atoms with van der Waals surface area (Å²) in [4.78, 5) is 40.4. The van der Waals surface area contributed by atoms with E-state index in [2.05, 4.69) is 10.3 Å². The van der Waals surface area contributed by atoms with Crippen LogP contribution in [0.5, 0.6) is 0 Å². The number of carbonyl (C=O) groups excluding carboxylic acids is 3. The third-order valence-electron chi connectivity index (χ3n) is 5.72.